The molecule has 1 aromatic carbocycles. The Morgan fingerprint density at radius 1 is 1.26 bits per heavy atom. The first kappa shape index (κ1) is 14.8. The van der Waals surface area contributed by atoms with Crippen molar-refractivity contribution in [1.82, 2.24) is 0 Å². The standard InChI is InChI=1S/C14H18N2O3/c1-10(14(18)19-3)7-8-15-12-5-4-6-13(9-12)16-11(2)17/h4-7,9,15H,8H2,1-3H3,(H,16,17)/b10-7+. The lowest BCUT2D eigenvalue weighted by atomic mass is 10.2. The minimum atomic E-state index is -0.339. The van der Waals surface area contributed by atoms with Crippen LogP contribution in [0.3, 0.4) is 0 Å². The molecule has 0 saturated carbocycles. The summed E-state index contributed by atoms with van der Waals surface area (Å²) in [5, 5.41) is 5.84. The number of rotatable bonds is 5. The Hall–Kier alpha value is -2.30. The first-order valence-electron chi connectivity index (χ1n) is 5.89. The molecule has 0 radical (unpaired) electrons. The maximum atomic E-state index is 11.2. The van der Waals surface area contributed by atoms with Crippen LogP contribution in [0.5, 0.6) is 0 Å². The topological polar surface area (TPSA) is 67.4 Å². The molecule has 19 heavy (non-hydrogen) atoms. The summed E-state index contributed by atoms with van der Waals surface area (Å²) in [5.41, 5.74) is 2.14. The fourth-order valence-corrected chi connectivity index (χ4v) is 1.48. The molecular formula is C14H18N2O3. The number of carbonyl (C=O) groups is 2. The fraction of sp³-hybridized carbons (Fsp3) is 0.286. The second kappa shape index (κ2) is 7.20. The van der Waals surface area contributed by atoms with Gasteiger partial charge in [0.1, 0.15) is 0 Å². The molecule has 0 aliphatic carbocycles. The summed E-state index contributed by atoms with van der Waals surface area (Å²) in [5.74, 6) is -0.452. The van der Waals surface area contributed by atoms with Crippen LogP contribution in [0, 0.1) is 0 Å². The van der Waals surface area contributed by atoms with Gasteiger partial charge in [0.2, 0.25) is 5.91 Å². The van der Waals surface area contributed by atoms with E-state index in [0.29, 0.717) is 12.1 Å². The van der Waals surface area contributed by atoms with Gasteiger partial charge in [-0.15, -0.1) is 0 Å². The minimum absolute atomic E-state index is 0.112. The lowest BCUT2D eigenvalue weighted by molar-refractivity contribution is -0.136. The highest BCUT2D eigenvalue weighted by atomic mass is 16.5. The van der Waals surface area contributed by atoms with Crippen molar-refractivity contribution in [3.8, 4) is 0 Å². The van der Waals surface area contributed by atoms with E-state index in [1.54, 1.807) is 13.0 Å². The number of carbonyl (C=O) groups excluding carboxylic acids is 2. The van der Waals surface area contributed by atoms with Gasteiger partial charge in [-0.2, -0.15) is 0 Å². The summed E-state index contributed by atoms with van der Waals surface area (Å²) < 4.78 is 4.60. The highest BCUT2D eigenvalue weighted by Crippen LogP contribution is 2.14. The Kier molecular flexibility index (Phi) is 5.60. The summed E-state index contributed by atoms with van der Waals surface area (Å²) in [4.78, 5) is 22.1. The van der Waals surface area contributed by atoms with Crippen LogP contribution in [0.1, 0.15) is 13.8 Å². The average molecular weight is 262 g/mol. The molecule has 1 amide bonds. The zero-order valence-electron chi connectivity index (χ0n) is 11.3. The van der Waals surface area contributed by atoms with E-state index in [-0.39, 0.29) is 11.9 Å². The number of hydrogen-bond donors (Lipinski definition) is 2. The van der Waals surface area contributed by atoms with E-state index < -0.39 is 0 Å². The fourth-order valence-electron chi connectivity index (χ4n) is 1.48. The van der Waals surface area contributed by atoms with Crippen LogP contribution < -0.4 is 10.6 Å². The Labute approximate surface area is 112 Å². The molecule has 0 unspecified atom stereocenters. The lowest BCUT2D eigenvalue weighted by Crippen LogP contribution is -2.07. The van der Waals surface area contributed by atoms with E-state index in [9.17, 15) is 9.59 Å². The molecule has 0 spiro atoms. The number of esters is 1. The molecule has 0 saturated heterocycles. The molecular weight excluding hydrogens is 244 g/mol. The van der Waals surface area contributed by atoms with Crippen molar-refractivity contribution in [2.75, 3.05) is 24.3 Å². The molecule has 5 heteroatoms. The Balaban J connectivity index is 2.58. The van der Waals surface area contributed by atoms with Gasteiger partial charge in [0.25, 0.3) is 0 Å². The van der Waals surface area contributed by atoms with E-state index >= 15 is 0 Å². The van der Waals surface area contributed by atoms with Gasteiger partial charge in [-0.05, 0) is 25.1 Å². The molecule has 0 aliphatic heterocycles. The zero-order chi connectivity index (χ0) is 14.3. The van der Waals surface area contributed by atoms with Crippen LogP contribution in [0.15, 0.2) is 35.9 Å². The van der Waals surface area contributed by atoms with Gasteiger partial charge >= 0.3 is 5.97 Å². The SMILES string of the molecule is COC(=O)/C(C)=C/CNc1cccc(NC(C)=O)c1. The molecule has 0 aromatic heterocycles. The predicted molar refractivity (Wildman–Crippen MR) is 75.0 cm³/mol. The zero-order valence-corrected chi connectivity index (χ0v) is 11.3. The average Bonchev–Trinajstić information content (AvgIpc) is 2.37. The van der Waals surface area contributed by atoms with Crippen LogP contribution in [-0.4, -0.2) is 25.5 Å². The molecule has 0 fully saturated rings. The third kappa shape index (κ3) is 5.25. The van der Waals surface area contributed by atoms with Gasteiger partial charge in [0, 0.05) is 30.4 Å². The normalized spacial score (nSPS) is 10.8. The van der Waals surface area contributed by atoms with Gasteiger partial charge < -0.3 is 15.4 Å². The molecule has 5 nitrogen and oxygen atoms in total. The summed E-state index contributed by atoms with van der Waals surface area (Å²) in [6, 6.07) is 7.35. The van der Waals surface area contributed by atoms with E-state index in [1.807, 2.05) is 24.3 Å². The second-order valence-corrected chi connectivity index (χ2v) is 4.02. The molecule has 0 heterocycles. The van der Waals surface area contributed by atoms with Gasteiger partial charge in [-0.1, -0.05) is 12.1 Å². The van der Waals surface area contributed by atoms with Crippen LogP contribution in [0.2, 0.25) is 0 Å². The minimum Gasteiger partial charge on any atom is -0.466 e. The van der Waals surface area contributed by atoms with Gasteiger partial charge in [0.05, 0.1) is 7.11 Å². The quantitative estimate of drug-likeness (QED) is 0.630. The van der Waals surface area contributed by atoms with E-state index in [2.05, 4.69) is 15.4 Å². The summed E-state index contributed by atoms with van der Waals surface area (Å²) in [6.07, 6.45) is 1.75. The van der Waals surface area contributed by atoms with Crippen molar-refractivity contribution in [3.63, 3.8) is 0 Å². The highest BCUT2D eigenvalue weighted by molar-refractivity contribution is 5.89. The number of nitrogens with one attached hydrogen (secondary N) is 2. The molecule has 1 aromatic rings. The molecule has 1 rings (SSSR count). The predicted octanol–water partition coefficient (Wildman–Crippen LogP) is 2.18. The molecule has 0 aliphatic rings. The highest BCUT2D eigenvalue weighted by Gasteiger charge is 2.01. The van der Waals surface area contributed by atoms with Gasteiger partial charge in [-0.3, -0.25) is 4.79 Å². The number of anilines is 2. The first-order valence-corrected chi connectivity index (χ1v) is 5.89. The molecule has 102 valence electrons. The Bertz CT molecular complexity index is 495. The lowest BCUT2D eigenvalue weighted by Gasteiger charge is -2.07. The summed E-state index contributed by atoms with van der Waals surface area (Å²) in [6.45, 7) is 3.66. The van der Waals surface area contributed by atoms with Crippen molar-refractivity contribution >= 4 is 23.3 Å². The van der Waals surface area contributed by atoms with Crippen LogP contribution in [-0.2, 0) is 14.3 Å². The van der Waals surface area contributed by atoms with Crippen LogP contribution in [0.4, 0.5) is 11.4 Å². The number of methoxy groups -OCH3 is 1. The Morgan fingerprint density at radius 2 is 1.95 bits per heavy atom. The molecule has 2 N–H and O–H groups in total. The summed E-state index contributed by atoms with van der Waals surface area (Å²) >= 11 is 0. The van der Waals surface area contributed by atoms with Crippen molar-refractivity contribution in [1.29, 1.82) is 0 Å². The number of hydrogen-bond acceptors (Lipinski definition) is 4. The van der Waals surface area contributed by atoms with E-state index in [0.717, 1.165) is 11.4 Å². The maximum Gasteiger partial charge on any atom is 0.333 e. The third-order valence-electron chi connectivity index (χ3n) is 2.40. The van der Waals surface area contributed by atoms with E-state index in [4.69, 9.17) is 0 Å². The van der Waals surface area contributed by atoms with Crippen molar-refractivity contribution in [3.05, 3.63) is 35.9 Å². The maximum absolute atomic E-state index is 11.2. The van der Waals surface area contributed by atoms with Crippen LogP contribution >= 0.6 is 0 Å². The number of ether oxygens (including phenoxy) is 1. The molecule has 0 bridgehead atoms. The molecule has 0 atom stereocenters. The Morgan fingerprint density at radius 3 is 2.58 bits per heavy atom. The van der Waals surface area contributed by atoms with Crippen molar-refractivity contribution < 1.29 is 14.3 Å². The third-order valence-corrected chi connectivity index (χ3v) is 2.40. The second-order valence-electron chi connectivity index (χ2n) is 4.02. The van der Waals surface area contributed by atoms with Crippen LogP contribution in [0.25, 0.3) is 0 Å². The van der Waals surface area contributed by atoms with E-state index in [1.165, 1.54) is 14.0 Å². The van der Waals surface area contributed by atoms with Gasteiger partial charge in [0.15, 0.2) is 0 Å². The van der Waals surface area contributed by atoms with Gasteiger partial charge in [-0.25, -0.2) is 4.79 Å². The largest absolute Gasteiger partial charge is 0.466 e. The number of amides is 1. The smallest absolute Gasteiger partial charge is 0.333 e. The number of benzene rings is 1. The summed E-state index contributed by atoms with van der Waals surface area (Å²) in [7, 11) is 1.35. The monoisotopic (exact) mass is 262 g/mol. The van der Waals surface area contributed by atoms with Crippen molar-refractivity contribution in [2.24, 2.45) is 0 Å². The van der Waals surface area contributed by atoms with Crippen molar-refractivity contribution in [2.45, 2.75) is 13.8 Å². The first-order chi connectivity index (χ1) is 9.02.